The second kappa shape index (κ2) is 9.18. The first-order valence-electron chi connectivity index (χ1n) is 6.77. The van der Waals surface area contributed by atoms with Crippen LogP contribution < -0.4 is 0 Å². The average Bonchev–Trinajstić information content (AvgIpc) is 2.50. The van der Waals surface area contributed by atoms with Crippen LogP contribution in [-0.2, 0) is 12.1 Å². The second-order valence-corrected chi connectivity index (χ2v) is 4.12. The van der Waals surface area contributed by atoms with Gasteiger partial charge < -0.3 is 0 Å². The van der Waals surface area contributed by atoms with E-state index in [0.717, 1.165) is 19.1 Å². The summed E-state index contributed by atoms with van der Waals surface area (Å²) in [4.78, 5) is 0. The Labute approximate surface area is 127 Å². The average molecular weight is 318 g/mol. The summed E-state index contributed by atoms with van der Waals surface area (Å²) in [6.07, 6.45) is -4.21. The Bertz CT molecular complexity index is 449. The molecule has 0 aliphatic heterocycles. The molecule has 0 aliphatic carbocycles. The van der Waals surface area contributed by atoms with Gasteiger partial charge in [0.2, 0.25) is 0 Å². The van der Waals surface area contributed by atoms with E-state index in [1.807, 2.05) is 13.8 Å². The normalized spacial score (nSPS) is 10.7. The summed E-state index contributed by atoms with van der Waals surface area (Å²) in [7, 11) is 0. The molecule has 0 saturated carbocycles. The highest BCUT2D eigenvalue weighted by Gasteiger charge is 2.29. The van der Waals surface area contributed by atoms with Gasteiger partial charge in [-0.3, -0.25) is 0 Å². The van der Waals surface area contributed by atoms with E-state index in [4.69, 9.17) is 0 Å². The van der Waals surface area contributed by atoms with Crippen LogP contribution in [0, 0.1) is 0 Å². The van der Waals surface area contributed by atoms with Crippen molar-refractivity contribution >= 4 is 0 Å². The lowest BCUT2D eigenvalue weighted by atomic mass is 10.1. The summed E-state index contributed by atoms with van der Waals surface area (Å²) in [5.74, 6) is -2.71. The Morgan fingerprint density at radius 1 is 0.591 bits per heavy atom. The molecule has 0 nitrogen and oxygen atoms in total. The SMILES string of the molecule is CC.CC(F)(F)c1ccccc1.FC(F)(F)c1ccccc1. The third-order valence-corrected chi connectivity index (χ3v) is 2.38. The van der Waals surface area contributed by atoms with Crippen molar-refractivity contribution < 1.29 is 22.0 Å². The smallest absolute Gasteiger partial charge is 0.202 e. The Hall–Kier alpha value is -1.91. The summed E-state index contributed by atoms with van der Waals surface area (Å²) in [6.45, 7) is 4.89. The van der Waals surface area contributed by atoms with Crippen molar-refractivity contribution in [1.82, 2.24) is 0 Å². The molecule has 0 radical (unpaired) electrons. The predicted octanol–water partition coefficient (Wildman–Crippen LogP) is 6.53. The maximum atomic E-state index is 12.5. The molecule has 22 heavy (non-hydrogen) atoms. The summed E-state index contributed by atoms with van der Waals surface area (Å²) in [5.41, 5.74) is -0.537. The molecule has 0 atom stereocenters. The molecule has 0 fully saturated rings. The van der Waals surface area contributed by atoms with E-state index in [2.05, 4.69) is 0 Å². The Balaban J connectivity index is 0.000000360. The van der Waals surface area contributed by atoms with Crippen LogP contribution in [0.4, 0.5) is 22.0 Å². The van der Waals surface area contributed by atoms with Crippen molar-refractivity contribution in [3.8, 4) is 0 Å². The zero-order valence-electron chi connectivity index (χ0n) is 12.7. The highest BCUT2D eigenvalue weighted by atomic mass is 19.4. The third-order valence-electron chi connectivity index (χ3n) is 2.38. The lowest BCUT2D eigenvalue weighted by Crippen LogP contribution is -2.05. The van der Waals surface area contributed by atoms with Crippen LogP contribution in [0.2, 0.25) is 0 Å². The van der Waals surface area contributed by atoms with Gasteiger partial charge in [-0.2, -0.15) is 13.2 Å². The Kier molecular flexibility index (Phi) is 8.38. The molecule has 0 unspecified atom stereocenters. The number of rotatable bonds is 1. The maximum absolute atomic E-state index is 12.5. The standard InChI is InChI=1S/C8H8F2.C7H5F3.C2H6/c1-8(9,10)7-5-3-2-4-6-7;8-7(9,10)6-4-2-1-3-5-6;1-2/h2-6H,1H3;1-5H;1-2H3. The van der Waals surface area contributed by atoms with Crippen molar-refractivity contribution in [1.29, 1.82) is 0 Å². The number of alkyl halides is 5. The van der Waals surface area contributed by atoms with Crippen LogP contribution >= 0.6 is 0 Å². The molecule has 5 heteroatoms. The highest BCUT2D eigenvalue weighted by Crippen LogP contribution is 2.28. The van der Waals surface area contributed by atoms with E-state index in [9.17, 15) is 22.0 Å². The monoisotopic (exact) mass is 318 g/mol. The molecular weight excluding hydrogens is 299 g/mol. The molecule has 2 aromatic rings. The minimum Gasteiger partial charge on any atom is -0.202 e. The lowest BCUT2D eigenvalue weighted by Gasteiger charge is -2.08. The van der Waals surface area contributed by atoms with Gasteiger partial charge in [-0.15, -0.1) is 0 Å². The van der Waals surface area contributed by atoms with E-state index in [1.54, 1.807) is 24.3 Å². The van der Waals surface area contributed by atoms with E-state index < -0.39 is 17.7 Å². The molecule has 0 bridgehead atoms. The van der Waals surface area contributed by atoms with Crippen LogP contribution in [-0.4, -0.2) is 0 Å². The topological polar surface area (TPSA) is 0 Å². The minimum absolute atomic E-state index is 0.0648. The number of hydrogen-bond acceptors (Lipinski definition) is 0. The van der Waals surface area contributed by atoms with Crippen molar-refractivity contribution in [3.63, 3.8) is 0 Å². The molecule has 2 aromatic carbocycles. The van der Waals surface area contributed by atoms with Gasteiger partial charge in [0.1, 0.15) is 0 Å². The third kappa shape index (κ3) is 7.76. The largest absolute Gasteiger partial charge is 0.416 e. The fourth-order valence-corrected chi connectivity index (χ4v) is 1.36. The van der Waals surface area contributed by atoms with Crippen LogP contribution in [0.5, 0.6) is 0 Å². The van der Waals surface area contributed by atoms with E-state index in [-0.39, 0.29) is 5.56 Å². The first kappa shape index (κ1) is 20.1. The first-order valence-corrected chi connectivity index (χ1v) is 6.77. The summed E-state index contributed by atoms with van der Waals surface area (Å²) in [6, 6.07) is 14.1. The van der Waals surface area contributed by atoms with E-state index >= 15 is 0 Å². The second-order valence-electron chi connectivity index (χ2n) is 4.12. The van der Waals surface area contributed by atoms with E-state index in [0.29, 0.717) is 0 Å². The van der Waals surface area contributed by atoms with Crippen molar-refractivity contribution in [3.05, 3.63) is 71.8 Å². The molecule has 0 amide bonds. The van der Waals surface area contributed by atoms with Crippen molar-refractivity contribution in [2.45, 2.75) is 32.9 Å². The van der Waals surface area contributed by atoms with Crippen molar-refractivity contribution in [2.75, 3.05) is 0 Å². The van der Waals surface area contributed by atoms with Crippen LogP contribution in [0.15, 0.2) is 60.7 Å². The van der Waals surface area contributed by atoms with Gasteiger partial charge in [0.15, 0.2) is 0 Å². The molecule has 0 aromatic heterocycles. The zero-order valence-corrected chi connectivity index (χ0v) is 12.7. The Morgan fingerprint density at radius 3 is 1.09 bits per heavy atom. The molecular formula is C17H19F5. The van der Waals surface area contributed by atoms with Gasteiger partial charge >= 0.3 is 6.18 Å². The van der Waals surface area contributed by atoms with Gasteiger partial charge in [-0.1, -0.05) is 74.5 Å². The maximum Gasteiger partial charge on any atom is 0.416 e. The fourth-order valence-electron chi connectivity index (χ4n) is 1.36. The van der Waals surface area contributed by atoms with Gasteiger partial charge in [0.25, 0.3) is 5.92 Å². The number of hydrogen-bond donors (Lipinski definition) is 0. The van der Waals surface area contributed by atoms with Gasteiger partial charge in [-0.25, -0.2) is 8.78 Å². The van der Waals surface area contributed by atoms with E-state index in [1.165, 1.54) is 24.3 Å². The Morgan fingerprint density at radius 2 is 0.909 bits per heavy atom. The molecule has 0 aliphatic rings. The molecule has 0 heterocycles. The number of halogens is 5. The van der Waals surface area contributed by atoms with Crippen LogP contribution in [0.3, 0.4) is 0 Å². The summed E-state index contributed by atoms with van der Waals surface area (Å²) >= 11 is 0. The molecule has 0 N–H and O–H groups in total. The molecule has 0 spiro atoms. The van der Waals surface area contributed by atoms with Gasteiger partial charge in [0.05, 0.1) is 5.56 Å². The predicted molar refractivity (Wildman–Crippen MR) is 78.8 cm³/mol. The fraction of sp³-hybridized carbons (Fsp3) is 0.294. The number of benzene rings is 2. The zero-order chi connectivity index (χ0) is 17.2. The molecule has 122 valence electrons. The van der Waals surface area contributed by atoms with Crippen LogP contribution in [0.25, 0.3) is 0 Å². The van der Waals surface area contributed by atoms with Gasteiger partial charge in [-0.05, 0) is 0 Å². The quantitative estimate of drug-likeness (QED) is 0.524. The summed E-state index contributed by atoms with van der Waals surface area (Å²) in [5, 5.41) is 0. The van der Waals surface area contributed by atoms with Crippen LogP contribution in [0.1, 0.15) is 31.9 Å². The molecule has 2 rings (SSSR count). The van der Waals surface area contributed by atoms with Crippen molar-refractivity contribution in [2.24, 2.45) is 0 Å². The lowest BCUT2D eigenvalue weighted by molar-refractivity contribution is -0.137. The highest BCUT2D eigenvalue weighted by molar-refractivity contribution is 5.19. The van der Waals surface area contributed by atoms with Gasteiger partial charge in [0, 0.05) is 12.5 Å². The molecule has 0 saturated heterocycles. The first-order chi connectivity index (χ1) is 10.2. The minimum atomic E-state index is -4.21. The summed E-state index contributed by atoms with van der Waals surface area (Å²) < 4.78 is 60.3.